The van der Waals surface area contributed by atoms with Gasteiger partial charge in [-0.2, -0.15) is 0 Å². The first-order chi connectivity index (χ1) is 10.1. The predicted molar refractivity (Wildman–Crippen MR) is 84.8 cm³/mol. The van der Waals surface area contributed by atoms with Crippen LogP contribution in [0.25, 0.3) is 0 Å². The lowest BCUT2D eigenvalue weighted by atomic mass is 10.1. The van der Waals surface area contributed by atoms with Crippen LogP contribution in [0.5, 0.6) is 0 Å². The summed E-state index contributed by atoms with van der Waals surface area (Å²) >= 11 is 0. The quantitative estimate of drug-likeness (QED) is 0.850. The van der Waals surface area contributed by atoms with Gasteiger partial charge in [-0.05, 0) is 35.7 Å². The van der Waals surface area contributed by atoms with Crippen molar-refractivity contribution in [1.82, 2.24) is 4.90 Å². The van der Waals surface area contributed by atoms with Gasteiger partial charge in [0.15, 0.2) is 0 Å². The number of nitrogen functional groups attached to an aromatic ring is 1. The molecular weight excluding hydrogens is 262 g/mol. The van der Waals surface area contributed by atoms with Crippen LogP contribution in [0.15, 0.2) is 42.5 Å². The van der Waals surface area contributed by atoms with E-state index in [0.29, 0.717) is 12.2 Å². The van der Waals surface area contributed by atoms with Crippen molar-refractivity contribution in [3.05, 3.63) is 59.2 Å². The first-order valence-corrected chi connectivity index (χ1v) is 7.07. The van der Waals surface area contributed by atoms with Gasteiger partial charge in [0.25, 0.3) is 0 Å². The molecule has 1 heterocycles. The largest absolute Gasteiger partial charge is 0.398 e. The normalized spacial score (nSPS) is 14.0. The predicted octanol–water partition coefficient (Wildman–Crippen LogP) is 2.53. The summed E-state index contributed by atoms with van der Waals surface area (Å²) in [7, 11) is 0. The number of rotatable bonds is 3. The summed E-state index contributed by atoms with van der Waals surface area (Å²) in [5, 5.41) is 2.90. The van der Waals surface area contributed by atoms with E-state index in [9.17, 15) is 4.79 Å². The van der Waals surface area contributed by atoms with Crippen LogP contribution in [0.1, 0.15) is 16.7 Å². The molecule has 0 atom stereocenters. The third-order valence-corrected chi connectivity index (χ3v) is 3.84. The van der Waals surface area contributed by atoms with E-state index < -0.39 is 0 Å². The molecule has 108 valence electrons. The molecule has 1 aliphatic heterocycles. The summed E-state index contributed by atoms with van der Waals surface area (Å²) in [6, 6.07) is 13.9. The Morgan fingerprint density at radius 3 is 2.48 bits per heavy atom. The summed E-state index contributed by atoms with van der Waals surface area (Å²) in [4.78, 5) is 14.3. The second-order valence-corrected chi connectivity index (χ2v) is 5.53. The van der Waals surface area contributed by atoms with Gasteiger partial charge < -0.3 is 11.1 Å². The Hall–Kier alpha value is -2.33. The second kappa shape index (κ2) is 5.58. The first-order valence-electron chi connectivity index (χ1n) is 7.07. The lowest BCUT2D eigenvalue weighted by molar-refractivity contribution is -0.117. The highest BCUT2D eigenvalue weighted by Gasteiger charge is 2.20. The lowest BCUT2D eigenvalue weighted by Gasteiger charge is -2.14. The summed E-state index contributed by atoms with van der Waals surface area (Å²) in [6.07, 6.45) is 0. The van der Waals surface area contributed by atoms with Gasteiger partial charge in [0.1, 0.15) is 0 Å². The number of aryl methyl sites for hydroxylation is 1. The monoisotopic (exact) mass is 281 g/mol. The molecule has 0 radical (unpaired) electrons. The molecule has 1 aliphatic rings. The number of benzene rings is 2. The number of nitrogens with two attached hydrogens (primary N) is 1. The third-order valence-electron chi connectivity index (χ3n) is 3.84. The first kappa shape index (κ1) is 13.6. The number of nitrogens with zero attached hydrogens (tertiary/aromatic N) is 1. The maximum atomic E-state index is 12.1. The number of anilines is 2. The molecule has 0 saturated heterocycles. The summed E-state index contributed by atoms with van der Waals surface area (Å²) in [5.41, 5.74) is 10.9. The molecule has 0 aliphatic carbocycles. The van der Waals surface area contributed by atoms with Gasteiger partial charge in [-0.25, -0.2) is 0 Å². The minimum absolute atomic E-state index is 0.00828. The number of hydrogen-bond donors (Lipinski definition) is 2. The molecule has 2 aromatic carbocycles. The van der Waals surface area contributed by atoms with E-state index in [2.05, 4.69) is 22.3 Å². The van der Waals surface area contributed by atoms with E-state index in [1.54, 1.807) is 6.07 Å². The van der Waals surface area contributed by atoms with E-state index in [0.717, 1.165) is 24.3 Å². The summed E-state index contributed by atoms with van der Waals surface area (Å²) in [5.74, 6) is -0.00828. The average Bonchev–Trinajstić information content (AvgIpc) is 2.84. The third kappa shape index (κ3) is 3.06. The van der Waals surface area contributed by atoms with Crippen molar-refractivity contribution < 1.29 is 4.79 Å². The number of fused-ring (bicyclic) bond motifs is 1. The fourth-order valence-corrected chi connectivity index (χ4v) is 2.64. The zero-order valence-electron chi connectivity index (χ0n) is 12.1. The van der Waals surface area contributed by atoms with E-state index in [4.69, 9.17) is 5.73 Å². The Morgan fingerprint density at radius 2 is 1.86 bits per heavy atom. The molecule has 0 unspecified atom stereocenters. The van der Waals surface area contributed by atoms with Crippen LogP contribution in [0.4, 0.5) is 11.4 Å². The van der Waals surface area contributed by atoms with Gasteiger partial charge in [0.05, 0.1) is 6.54 Å². The molecule has 0 saturated carbocycles. The molecule has 2 aromatic rings. The second-order valence-electron chi connectivity index (χ2n) is 5.53. The van der Waals surface area contributed by atoms with Gasteiger partial charge in [-0.15, -0.1) is 0 Å². The van der Waals surface area contributed by atoms with Crippen LogP contribution in [-0.4, -0.2) is 17.4 Å². The van der Waals surface area contributed by atoms with Crippen LogP contribution in [0, 0.1) is 6.92 Å². The molecule has 21 heavy (non-hydrogen) atoms. The summed E-state index contributed by atoms with van der Waals surface area (Å²) in [6.45, 7) is 4.00. The Bertz CT molecular complexity index is 656. The molecule has 0 bridgehead atoms. The zero-order valence-corrected chi connectivity index (χ0v) is 12.1. The Labute approximate surface area is 124 Å². The average molecular weight is 281 g/mol. The van der Waals surface area contributed by atoms with E-state index in [1.807, 2.05) is 31.2 Å². The molecule has 0 spiro atoms. The van der Waals surface area contributed by atoms with E-state index in [1.165, 1.54) is 11.1 Å². The number of carbonyl (C=O) groups is 1. The molecule has 4 nitrogen and oxygen atoms in total. The van der Waals surface area contributed by atoms with Gasteiger partial charge in [-0.1, -0.05) is 30.3 Å². The van der Waals surface area contributed by atoms with Crippen LogP contribution < -0.4 is 11.1 Å². The zero-order chi connectivity index (χ0) is 14.8. The van der Waals surface area contributed by atoms with Crippen molar-refractivity contribution in [1.29, 1.82) is 0 Å². The van der Waals surface area contributed by atoms with Crippen LogP contribution in [0.2, 0.25) is 0 Å². The minimum Gasteiger partial charge on any atom is -0.398 e. The number of nitrogens with one attached hydrogen (secondary N) is 1. The van der Waals surface area contributed by atoms with Crippen molar-refractivity contribution in [2.45, 2.75) is 20.0 Å². The Balaban J connectivity index is 1.59. The van der Waals surface area contributed by atoms with Crippen molar-refractivity contribution in [3.8, 4) is 0 Å². The molecule has 1 amide bonds. The topological polar surface area (TPSA) is 58.4 Å². The Kier molecular flexibility index (Phi) is 3.62. The molecular formula is C17H19N3O. The van der Waals surface area contributed by atoms with Gasteiger partial charge in [0, 0.05) is 24.5 Å². The van der Waals surface area contributed by atoms with Crippen molar-refractivity contribution in [2.24, 2.45) is 0 Å². The fraction of sp³-hybridized carbons (Fsp3) is 0.235. The number of carbonyl (C=O) groups excluding carboxylic acids is 1. The molecule has 0 aromatic heterocycles. The minimum atomic E-state index is -0.00828. The molecule has 3 N–H and O–H groups in total. The lowest BCUT2D eigenvalue weighted by Crippen LogP contribution is -2.29. The van der Waals surface area contributed by atoms with Crippen molar-refractivity contribution in [3.63, 3.8) is 0 Å². The van der Waals surface area contributed by atoms with Crippen molar-refractivity contribution >= 4 is 17.3 Å². The van der Waals surface area contributed by atoms with Crippen molar-refractivity contribution in [2.75, 3.05) is 17.6 Å². The summed E-state index contributed by atoms with van der Waals surface area (Å²) < 4.78 is 0. The van der Waals surface area contributed by atoms with E-state index >= 15 is 0 Å². The van der Waals surface area contributed by atoms with Gasteiger partial charge in [-0.3, -0.25) is 9.69 Å². The highest BCUT2D eigenvalue weighted by atomic mass is 16.2. The smallest absolute Gasteiger partial charge is 0.238 e. The van der Waals surface area contributed by atoms with Gasteiger partial charge in [0.2, 0.25) is 5.91 Å². The molecule has 0 fully saturated rings. The molecule has 4 heteroatoms. The molecule has 3 rings (SSSR count). The van der Waals surface area contributed by atoms with Crippen LogP contribution >= 0.6 is 0 Å². The van der Waals surface area contributed by atoms with Crippen LogP contribution in [0.3, 0.4) is 0 Å². The maximum Gasteiger partial charge on any atom is 0.238 e. The standard InChI is InChI=1S/C17H19N3O/c1-12-6-7-15(8-16(12)18)19-17(21)11-20-9-13-4-2-3-5-14(13)10-20/h2-8H,9-11,18H2,1H3,(H,19,21). The SMILES string of the molecule is Cc1ccc(NC(=O)CN2Cc3ccccc3C2)cc1N. The fourth-order valence-electron chi connectivity index (χ4n) is 2.64. The maximum absolute atomic E-state index is 12.1. The van der Waals surface area contributed by atoms with Crippen LogP contribution in [-0.2, 0) is 17.9 Å². The van der Waals surface area contributed by atoms with Gasteiger partial charge >= 0.3 is 0 Å². The number of amides is 1. The number of hydrogen-bond acceptors (Lipinski definition) is 3. The Morgan fingerprint density at radius 1 is 1.19 bits per heavy atom. The highest BCUT2D eigenvalue weighted by Crippen LogP contribution is 2.22. The highest BCUT2D eigenvalue weighted by molar-refractivity contribution is 5.92. The van der Waals surface area contributed by atoms with E-state index in [-0.39, 0.29) is 5.91 Å².